The lowest BCUT2D eigenvalue weighted by molar-refractivity contribution is 0.589. The first-order valence-electron chi connectivity index (χ1n) is 9.14. The lowest BCUT2D eigenvalue weighted by Crippen LogP contribution is -2.29. The molecule has 3 rings (SSSR count). The zero-order valence-corrected chi connectivity index (χ0v) is 15.6. The van der Waals surface area contributed by atoms with Gasteiger partial charge in [0.15, 0.2) is 0 Å². The first kappa shape index (κ1) is 17.5. The number of rotatable bonds is 8. The van der Waals surface area contributed by atoms with Gasteiger partial charge < -0.3 is 9.80 Å². The molecule has 1 aliphatic rings. The molecule has 132 valence electrons. The fraction of sp³-hybridized carbons (Fsp3) is 0.429. The highest BCUT2D eigenvalue weighted by Gasteiger charge is 2.26. The summed E-state index contributed by atoms with van der Waals surface area (Å²) in [6.45, 7) is 8.45. The van der Waals surface area contributed by atoms with Gasteiger partial charge in [-0.05, 0) is 31.2 Å². The zero-order valence-electron chi connectivity index (χ0n) is 15.6. The molecule has 0 atom stereocenters. The Hall–Kier alpha value is -2.36. The van der Waals surface area contributed by atoms with Crippen LogP contribution in [-0.4, -0.2) is 42.1 Å². The van der Waals surface area contributed by atoms with Crippen LogP contribution in [0.15, 0.2) is 43.0 Å². The van der Waals surface area contributed by atoms with E-state index in [1.807, 2.05) is 43.3 Å². The molecule has 0 N–H and O–H groups in total. The van der Waals surface area contributed by atoms with Crippen molar-refractivity contribution in [3.63, 3.8) is 0 Å². The summed E-state index contributed by atoms with van der Waals surface area (Å²) in [5, 5.41) is 0. The smallest absolute Gasteiger partial charge is 0.226 e. The van der Waals surface area contributed by atoms with E-state index in [1.54, 1.807) is 0 Å². The SMILES string of the molecule is C=C(c1cc(-c2ccccc2)nc(N(CCC)CC2CC2)n1)N(C)C. The summed E-state index contributed by atoms with van der Waals surface area (Å²) >= 11 is 0. The molecule has 0 spiro atoms. The van der Waals surface area contributed by atoms with Gasteiger partial charge in [-0.2, -0.15) is 0 Å². The average Bonchev–Trinajstić information content (AvgIpc) is 3.45. The molecule has 1 saturated carbocycles. The van der Waals surface area contributed by atoms with E-state index in [2.05, 4.69) is 30.5 Å². The minimum Gasteiger partial charge on any atom is -0.376 e. The maximum atomic E-state index is 4.90. The Kier molecular flexibility index (Phi) is 5.37. The number of hydrogen-bond acceptors (Lipinski definition) is 4. The molecule has 0 radical (unpaired) electrons. The first-order valence-corrected chi connectivity index (χ1v) is 9.14. The molecule has 0 unspecified atom stereocenters. The summed E-state index contributed by atoms with van der Waals surface area (Å²) in [5.41, 5.74) is 3.87. The third kappa shape index (κ3) is 4.38. The Balaban J connectivity index is 2.03. The average molecular weight is 336 g/mol. The van der Waals surface area contributed by atoms with Crippen molar-refractivity contribution >= 4 is 11.6 Å². The van der Waals surface area contributed by atoms with Crippen molar-refractivity contribution < 1.29 is 0 Å². The molecular weight excluding hydrogens is 308 g/mol. The predicted molar refractivity (Wildman–Crippen MR) is 105 cm³/mol. The van der Waals surface area contributed by atoms with E-state index in [9.17, 15) is 0 Å². The summed E-state index contributed by atoms with van der Waals surface area (Å²) in [7, 11) is 4.00. The second-order valence-corrected chi connectivity index (χ2v) is 7.03. The van der Waals surface area contributed by atoms with Crippen LogP contribution in [0.2, 0.25) is 0 Å². The molecule has 2 aromatic rings. The summed E-state index contributed by atoms with van der Waals surface area (Å²) in [4.78, 5) is 14.1. The van der Waals surface area contributed by atoms with Crippen molar-refractivity contribution in [3.05, 3.63) is 48.7 Å². The van der Waals surface area contributed by atoms with Crippen molar-refractivity contribution in [2.45, 2.75) is 26.2 Å². The normalized spacial score (nSPS) is 13.6. The van der Waals surface area contributed by atoms with E-state index in [0.29, 0.717) is 0 Å². The van der Waals surface area contributed by atoms with E-state index in [1.165, 1.54) is 12.8 Å². The molecule has 1 aliphatic carbocycles. The molecule has 1 fully saturated rings. The fourth-order valence-electron chi connectivity index (χ4n) is 2.86. The van der Waals surface area contributed by atoms with Gasteiger partial charge in [-0.3, -0.25) is 0 Å². The number of hydrogen-bond donors (Lipinski definition) is 0. The molecule has 1 aromatic carbocycles. The highest BCUT2D eigenvalue weighted by atomic mass is 15.3. The van der Waals surface area contributed by atoms with Crippen molar-refractivity contribution in [3.8, 4) is 11.3 Å². The molecule has 4 heteroatoms. The first-order chi connectivity index (χ1) is 12.1. The lowest BCUT2D eigenvalue weighted by atomic mass is 10.1. The summed E-state index contributed by atoms with van der Waals surface area (Å²) in [5.74, 6) is 1.63. The van der Waals surface area contributed by atoms with Crippen LogP contribution < -0.4 is 4.90 Å². The van der Waals surface area contributed by atoms with Crippen LogP contribution in [0, 0.1) is 5.92 Å². The van der Waals surface area contributed by atoms with Crippen molar-refractivity contribution in [1.82, 2.24) is 14.9 Å². The topological polar surface area (TPSA) is 32.3 Å². The Morgan fingerprint density at radius 1 is 1.16 bits per heavy atom. The predicted octanol–water partition coefficient (Wildman–Crippen LogP) is 4.30. The number of benzene rings is 1. The van der Waals surface area contributed by atoms with Gasteiger partial charge in [0.2, 0.25) is 5.95 Å². The van der Waals surface area contributed by atoms with Crippen molar-refractivity contribution in [2.24, 2.45) is 5.92 Å². The summed E-state index contributed by atoms with van der Waals surface area (Å²) in [6, 6.07) is 12.4. The van der Waals surface area contributed by atoms with Crippen LogP contribution in [-0.2, 0) is 0 Å². The molecule has 0 bridgehead atoms. The van der Waals surface area contributed by atoms with E-state index >= 15 is 0 Å². The van der Waals surface area contributed by atoms with Crippen LogP contribution in [0.1, 0.15) is 31.9 Å². The van der Waals surface area contributed by atoms with Crippen LogP contribution in [0.3, 0.4) is 0 Å². The Labute approximate surface area is 151 Å². The molecule has 25 heavy (non-hydrogen) atoms. The van der Waals surface area contributed by atoms with Gasteiger partial charge in [0, 0.05) is 32.7 Å². The number of aromatic nitrogens is 2. The highest BCUT2D eigenvalue weighted by molar-refractivity contribution is 5.68. The van der Waals surface area contributed by atoms with Crippen molar-refractivity contribution in [1.29, 1.82) is 0 Å². The quantitative estimate of drug-likeness (QED) is 0.719. The summed E-state index contributed by atoms with van der Waals surface area (Å²) in [6.07, 6.45) is 3.75. The molecule has 0 amide bonds. The standard InChI is InChI=1S/C21H28N4/c1-5-13-25(15-17-11-12-17)21-22-19(16(2)24(3)4)14-20(23-21)18-9-7-6-8-10-18/h6-10,14,17H,2,5,11-13,15H2,1,3-4H3. The maximum absolute atomic E-state index is 4.90. The van der Waals surface area contributed by atoms with E-state index in [0.717, 1.165) is 54.0 Å². The van der Waals surface area contributed by atoms with Crippen LogP contribution in [0.25, 0.3) is 17.0 Å². The monoisotopic (exact) mass is 336 g/mol. The number of nitrogens with zero attached hydrogens (tertiary/aromatic N) is 4. The van der Waals surface area contributed by atoms with E-state index in [-0.39, 0.29) is 0 Å². The minimum absolute atomic E-state index is 0.802. The number of anilines is 1. The van der Waals surface area contributed by atoms with Gasteiger partial charge in [-0.15, -0.1) is 0 Å². The zero-order chi connectivity index (χ0) is 17.8. The van der Waals surface area contributed by atoms with Crippen LogP contribution in [0.4, 0.5) is 5.95 Å². The van der Waals surface area contributed by atoms with Gasteiger partial charge in [0.05, 0.1) is 17.1 Å². The lowest BCUT2D eigenvalue weighted by Gasteiger charge is -2.24. The molecule has 4 nitrogen and oxygen atoms in total. The van der Waals surface area contributed by atoms with E-state index in [4.69, 9.17) is 9.97 Å². The Bertz CT molecular complexity index is 720. The minimum atomic E-state index is 0.802. The fourth-order valence-corrected chi connectivity index (χ4v) is 2.86. The van der Waals surface area contributed by atoms with Gasteiger partial charge in [-0.1, -0.05) is 43.8 Å². The molecule has 0 aliphatic heterocycles. The molecule has 1 heterocycles. The maximum Gasteiger partial charge on any atom is 0.226 e. The third-order valence-electron chi connectivity index (χ3n) is 4.57. The molecule has 0 saturated heterocycles. The Morgan fingerprint density at radius 2 is 1.88 bits per heavy atom. The van der Waals surface area contributed by atoms with Crippen LogP contribution in [0.5, 0.6) is 0 Å². The summed E-state index contributed by atoms with van der Waals surface area (Å²) < 4.78 is 0. The second kappa shape index (κ2) is 7.68. The highest BCUT2D eigenvalue weighted by Crippen LogP contribution is 2.32. The molecule has 1 aromatic heterocycles. The van der Waals surface area contributed by atoms with Crippen molar-refractivity contribution in [2.75, 3.05) is 32.1 Å². The third-order valence-corrected chi connectivity index (χ3v) is 4.57. The Morgan fingerprint density at radius 3 is 2.48 bits per heavy atom. The molecular formula is C21H28N4. The van der Waals surface area contributed by atoms with Gasteiger partial charge in [0.25, 0.3) is 0 Å². The largest absolute Gasteiger partial charge is 0.376 e. The van der Waals surface area contributed by atoms with Crippen LogP contribution >= 0.6 is 0 Å². The van der Waals surface area contributed by atoms with Gasteiger partial charge >= 0.3 is 0 Å². The van der Waals surface area contributed by atoms with Gasteiger partial charge in [0.1, 0.15) is 0 Å². The second-order valence-electron chi connectivity index (χ2n) is 7.03. The van der Waals surface area contributed by atoms with Gasteiger partial charge in [-0.25, -0.2) is 9.97 Å². The van der Waals surface area contributed by atoms with E-state index < -0.39 is 0 Å².